The molecule has 9 heteroatoms. The smallest absolute Gasteiger partial charge is 0.256 e. The number of H-pyrrole nitrogens is 1. The molecule has 0 saturated carbocycles. The van der Waals surface area contributed by atoms with Crippen molar-refractivity contribution in [2.75, 3.05) is 12.8 Å². The standard InChI is InChI=1S/C20H19FN4O3S/c1-29(27,28)20-23-18-8-9-25(12-15(18)19(26)24-20)11-13-6-7-17(22-10-13)14-4-2-3-5-16(14)21/h2-7,10H,8-9,11-12H2,1H3,(H,23,24,26). The Bertz CT molecular complexity index is 1220. The van der Waals surface area contributed by atoms with Crippen molar-refractivity contribution in [1.82, 2.24) is 19.9 Å². The third-order valence-electron chi connectivity index (χ3n) is 4.86. The number of aromatic nitrogens is 3. The van der Waals surface area contributed by atoms with Crippen molar-refractivity contribution >= 4 is 9.84 Å². The molecule has 0 unspecified atom stereocenters. The normalized spacial score (nSPS) is 14.6. The number of halogens is 1. The van der Waals surface area contributed by atoms with Crippen LogP contribution < -0.4 is 5.56 Å². The number of rotatable bonds is 4. The molecule has 3 aromatic rings. The summed E-state index contributed by atoms with van der Waals surface area (Å²) in [4.78, 5) is 25.2. The van der Waals surface area contributed by atoms with Gasteiger partial charge in [0.1, 0.15) is 5.82 Å². The van der Waals surface area contributed by atoms with Crippen molar-refractivity contribution in [3.8, 4) is 11.3 Å². The zero-order valence-electron chi connectivity index (χ0n) is 15.7. The molecule has 1 N–H and O–H groups in total. The first kappa shape index (κ1) is 19.4. The lowest BCUT2D eigenvalue weighted by atomic mass is 10.1. The third kappa shape index (κ3) is 4.10. The van der Waals surface area contributed by atoms with Crippen LogP contribution in [0, 0.1) is 5.82 Å². The van der Waals surface area contributed by atoms with E-state index in [1.54, 1.807) is 30.5 Å². The minimum absolute atomic E-state index is 0.289. The van der Waals surface area contributed by atoms with Crippen LogP contribution in [-0.2, 0) is 29.3 Å². The average Bonchev–Trinajstić information content (AvgIpc) is 2.69. The Kier molecular flexibility index (Phi) is 5.01. The molecule has 29 heavy (non-hydrogen) atoms. The second kappa shape index (κ2) is 7.49. The molecular weight excluding hydrogens is 395 g/mol. The minimum atomic E-state index is -3.57. The van der Waals surface area contributed by atoms with Gasteiger partial charge < -0.3 is 0 Å². The Balaban J connectivity index is 1.51. The molecule has 0 aliphatic carbocycles. The number of nitrogens with one attached hydrogen (secondary N) is 1. The van der Waals surface area contributed by atoms with E-state index in [0.29, 0.717) is 48.6 Å². The fourth-order valence-corrected chi connectivity index (χ4v) is 3.93. The molecule has 0 amide bonds. The van der Waals surface area contributed by atoms with Gasteiger partial charge in [0, 0.05) is 44.1 Å². The van der Waals surface area contributed by atoms with Crippen LogP contribution in [0.15, 0.2) is 52.5 Å². The minimum Gasteiger partial charge on any atom is -0.297 e. The predicted molar refractivity (Wildman–Crippen MR) is 105 cm³/mol. The number of pyridine rings is 1. The number of benzene rings is 1. The molecule has 7 nitrogen and oxygen atoms in total. The van der Waals surface area contributed by atoms with Crippen molar-refractivity contribution in [2.45, 2.75) is 24.7 Å². The van der Waals surface area contributed by atoms with Gasteiger partial charge in [0.2, 0.25) is 15.0 Å². The highest BCUT2D eigenvalue weighted by molar-refractivity contribution is 7.90. The lowest BCUT2D eigenvalue weighted by Gasteiger charge is -2.27. The van der Waals surface area contributed by atoms with E-state index in [4.69, 9.17) is 0 Å². The average molecular weight is 414 g/mol. The Labute approximate surface area is 167 Å². The van der Waals surface area contributed by atoms with Crippen LogP contribution in [0.4, 0.5) is 4.39 Å². The summed E-state index contributed by atoms with van der Waals surface area (Å²) in [5.41, 5.74) is 2.53. The largest absolute Gasteiger partial charge is 0.297 e. The van der Waals surface area contributed by atoms with Gasteiger partial charge in [0.15, 0.2) is 0 Å². The summed E-state index contributed by atoms with van der Waals surface area (Å²) >= 11 is 0. The molecular formula is C20H19FN4O3S. The van der Waals surface area contributed by atoms with Gasteiger partial charge in [-0.3, -0.25) is 19.7 Å². The van der Waals surface area contributed by atoms with Gasteiger partial charge in [0.05, 0.1) is 17.0 Å². The van der Waals surface area contributed by atoms with Gasteiger partial charge >= 0.3 is 0 Å². The van der Waals surface area contributed by atoms with Crippen molar-refractivity contribution in [3.63, 3.8) is 0 Å². The second-order valence-corrected chi connectivity index (χ2v) is 8.99. The molecule has 0 spiro atoms. The number of hydrogen-bond donors (Lipinski definition) is 1. The first-order valence-corrected chi connectivity index (χ1v) is 10.9. The summed E-state index contributed by atoms with van der Waals surface area (Å²) in [6, 6.07) is 10.1. The van der Waals surface area contributed by atoms with E-state index in [9.17, 15) is 17.6 Å². The molecule has 1 aromatic carbocycles. The van der Waals surface area contributed by atoms with Crippen LogP contribution in [0.1, 0.15) is 16.8 Å². The van der Waals surface area contributed by atoms with Crippen LogP contribution in [0.5, 0.6) is 0 Å². The number of aromatic amines is 1. The van der Waals surface area contributed by atoms with Crippen LogP contribution in [0.2, 0.25) is 0 Å². The molecule has 0 radical (unpaired) electrons. The third-order valence-corrected chi connectivity index (χ3v) is 5.75. The first-order chi connectivity index (χ1) is 13.8. The van der Waals surface area contributed by atoms with Gasteiger partial charge in [-0.05, 0) is 23.8 Å². The lowest BCUT2D eigenvalue weighted by Crippen LogP contribution is -2.36. The van der Waals surface area contributed by atoms with E-state index in [-0.39, 0.29) is 11.0 Å². The van der Waals surface area contributed by atoms with Gasteiger partial charge in [-0.25, -0.2) is 17.8 Å². The number of fused-ring (bicyclic) bond motifs is 1. The highest BCUT2D eigenvalue weighted by atomic mass is 32.2. The SMILES string of the molecule is CS(=O)(=O)c1nc2c(c(=O)[nH]1)CN(Cc1ccc(-c3ccccc3F)nc1)CC2. The Morgan fingerprint density at radius 2 is 2.00 bits per heavy atom. The molecule has 3 heterocycles. The Morgan fingerprint density at radius 1 is 1.21 bits per heavy atom. The quantitative estimate of drug-likeness (QED) is 0.656. The van der Waals surface area contributed by atoms with E-state index in [2.05, 4.69) is 19.9 Å². The highest BCUT2D eigenvalue weighted by Crippen LogP contribution is 2.22. The van der Waals surface area contributed by atoms with Crippen molar-refractivity contribution in [2.24, 2.45) is 0 Å². The zero-order chi connectivity index (χ0) is 20.6. The zero-order valence-corrected chi connectivity index (χ0v) is 16.5. The predicted octanol–water partition coefficient (Wildman–Crippen LogP) is 1.93. The molecule has 150 valence electrons. The first-order valence-electron chi connectivity index (χ1n) is 9.05. The molecule has 1 aliphatic heterocycles. The fourth-order valence-electron chi connectivity index (χ4n) is 3.37. The number of sulfone groups is 1. The summed E-state index contributed by atoms with van der Waals surface area (Å²) in [6.07, 6.45) is 3.21. The van der Waals surface area contributed by atoms with Crippen molar-refractivity contribution in [1.29, 1.82) is 0 Å². The summed E-state index contributed by atoms with van der Waals surface area (Å²) < 4.78 is 37.2. The molecule has 0 fully saturated rings. The monoisotopic (exact) mass is 414 g/mol. The van der Waals surface area contributed by atoms with E-state index >= 15 is 0 Å². The van der Waals surface area contributed by atoms with Gasteiger partial charge in [-0.1, -0.05) is 18.2 Å². The molecule has 0 atom stereocenters. The maximum Gasteiger partial charge on any atom is 0.256 e. The van der Waals surface area contributed by atoms with Gasteiger partial charge in [-0.2, -0.15) is 0 Å². The van der Waals surface area contributed by atoms with Crippen molar-refractivity contribution < 1.29 is 12.8 Å². The molecule has 0 saturated heterocycles. The fraction of sp³-hybridized carbons (Fsp3) is 0.250. The second-order valence-electron chi connectivity index (χ2n) is 7.06. The molecule has 2 aromatic heterocycles. The molecule has 4 rings (SSSR count). The van der Waals surface area contributed by atoms with Crippen LogP contribution in [0.3, 0.4) is 0 Å². The maximum absolute atomic E-state index is 13.9. The van der Waals surface area contributed by atoms with Crippen LogP contribution in [-0.4, -0.2) is 41.1 Å². The van der Waals surface area contributed by atoms with Gasteiger partial charge in [0.25, 0.3) is 5.56 Å². The Morgan fingerprint density at radius 3 is 2.69 bits per heavy atom. The number of hydrogen-bond acceptors (Lipinski definition) is 6. The van der Waals surface area contributed by atoms with Crippen LogP contribution >= 0.6 is 0 Å². The topological polar surface area (TPSA) is 96.0 Å². The summed E-state index contributed by atoms with van der Waals surface area (Å²) in [7, 11) is -3.57. The maximum atomic E-state index is 13.9. The molecule has 1 aliphatic rings. The lowest BCUT2D eigenvalue weighted by molar-refractivity contribution is 0.240. The summed E-state index contributed by atoms with van der Waals surface area (Å²) in [5, 5.41) is -0.289. The van der Waals surface area contributed by atoms with Crippen LogP contribution in [0.25, 0.3) is 11.3 Å². The highest BCUT2D eigenvalue weighted by Gasteiger charge is 2.23. The van der Waals surface area contributed by atoms with E-state index in [1.165, 1.54) is 6.07 Å². The summed E-state index contributed by atoms with van der Waals surface area (Å²) in [6.45, 7) is 1.58. The van der Waals surface area contributed by atoms with E-state index < -0.39 is 15.4 Å². The van der Waals surface area contributed by atoms with Gasteiger partial charge in [-0.15, -0.1) is 0 Å². The number of nitrogens with zero attached hydrogens (tertiary/aromatic N) is 3. The van der Waals surface area contributed by atoms with Crippen molar-refractivity contribution in [3.05, 3.63) is 75.6 Å². The molecule has 0 bridgehead atoms. The Hall–Kier alpha value is -2.91. The van der Waals surface area contributed by atoms with E-state index in [1.807, 2.05) is 6.07 Å². The van der Waals surface area contributed by atoms with E-state index in [0.717, 1.165) is 11.8 Å². The summed E-state index contributed by atoms with van der Waals surface area (Å²) in [5.74, 6) is -0.319.